The second-order valence-electron chi connectivity index (χ2n) is 8.01. The lowest BCUT2D eigenvalue weighted by Gasteiger charge is -2.36. The van der Waals surface area contributed by atoms with Crippen LogP contribution in [0, 0.1) is 13.8 Å². The fourth-order valence-electron chi connectivity index (χ4n) is 4.16. The second-order valence-corrected chi connectivity index (χ2v) is 8.01. The summed E-state index contributed by atoms with van der Waals surface area (Å²) in [7, 11) is 0. The Balaban J connectivity index is 1.50. The summed E-state index contributed by atoms with van der Waals surface area (Å²) in [6, 6.07) is 10.8. The maximum absolute atomic E-state index is 13.3. The summed E-state index contributed by atoms with van der Waals surface area (Å²) in [5, 5.41) is 8.88. The summed E-state index contributed by atoms with van der Waals surface area (Å²) in [6.45, 7) is 4.08. The van der Waals surface area contributed by atoms with Gasteiger partial charge in [-0.25, -0.2) is 4.79 Å². The molecule has 0 aromatic heterocycles. The van der Waals surface area contributed by atoms with E-state index in [1.807, 2.05) is 32.0 Å². The largest absolute Gasteiger partial charge is 0.454 e. The van der Waals surface area contributed by atoms with E-state index in [0.717, 1.165) is 36.1 Å². The molecule has 1 saturated carbocycles. The Bertz CT molecular complexity index is 947. The van der Waals surface area contributed by atoms with Crippen molar-refractivity contribution < 1.29 is 19.1 Å². The van der Waals surface area contributed by atoms with E-state index in [4.69, 9.17) is 9.47 Å². The molecular formula is C23H27N3O4. The predicted molar refractivity (Wildman–Crippen MR) is 115 cm³/mol. The zero-order chi connectivity index (χ0) is 21.1. The highest BCUT2D eigenvalue weighted by atomic mass is 16.7. The molecular weight excluding hydrogens is 382 g/mol. The summed E-state index contributed by atoms with van der Waals surface area (Å²) >= 11 is 0. The smallest absolute Gasteiger partial charge is 0.320 e. The number of nitrogens with one attached hydrogen (secondary N) is 3. The first-order chi connectivity index (χ1) is 14.5. The van der Waals surface area contributed by atoms with Gasteiger partial charge in [0.05, 0.1) is 0 Å². The maximum atomic E-state index is 13.3. The van der Waals surface area contributed by atoms with E-state index in [2.05, 4.69) is 16.0 Å². The number of amides is 3. The fraction of sp³-hybridized carbons (Fsp3) is 0.391. The zero-order valence-corrected chi connectivity index (χ0v) is 17.3. The van der Waals surface area contributed by atoms with Crippen molar-refractivity contribution in [2.24, 2.45) is 0 Å². The standard InChI is InChI=1S/C23H27N3O4/c1-15-7-6-8-16(2)20(15)25-22(28)26-23(11-4-3-5-12-23)21(27)24-17-9-10-18-19(13-17)30-14-29-18/h6-10,13H,3-5,11-12,14H2,1-2H3,(H,24,27)(H2,25,26,28). The lowest BCUT2D eigenvalue weighted by molar-refractivity contribution is -0.123. The van der Waals surface area contributed by atoms with Crippen molar-refractivity contribution in [2.75, 3.05) is 17.4 Å². The summed E-state index contributed by atoms with van der Waals surface area (Å²) < 4.78 is 10.7. The van der Waals surface area contributed by atoms with Crippen LogP contribution in [0.5, 0.6) is 11.5 Å². The molecule has 0 radical (unpaired) electrons. The van der Waals surface area contributed by atoms with E-state index in [-0.39, 0.29) is 18.7 Å². The molecule has 7 heteroatoms. The van der Waals surface area contributed by atoms with Crippen molar-refractivity contribution in [3.63, 3.8) is 0 Å². The third kappa shape index (κ3) is 4.06. The number of hydrogen-bond acceptors (Lipinski definition) is 4. The molecule has 1 fully saturated rings. The summed E-state index contributed by atoms with van der Waals surface area (Å²) in [5.41, 5.74) is 2.40. The highest BCUT2D eigenvalue weighted by Gasteiger charge is 2.41. The van der Waals surface area contributed by atoms with Gasteiger partial charge in [-0.15, -0.1) is 0 Å². The van der Waals surface area contributed by atoms with Gasteiger partial charge in [-0.3, -0.25) is 4.79 Å². The number of para-hydroxylation sites is 1. The first-order valence-corrected chi connectivity index (χ1v) is 10.3. The van der Waals surface area contributed by atoms with Gasteiger partial charge >= 0.3 is 6.03 Å². The Morgan fingerprint density at radius 3 is 2.33 bits per heavy atom. The molecule has 2 aromatic rings. The number of carbonyl (C=O) groups is 2. The highest BCUT2D eigenvalue weighted by Crippen LogP contribution is 2.35. The molecule has 1 heterocycles. The molecule has 158 valence electrons. The molecule has 0 spiro atoms. The number of anilines is 2. The minimum Gasteiger partial charge on any atom is -0.454 e. The monoisotopic (exact) mass is 409 g/mol. The van der Waals surface area contributed by atoms with E-state index in [1.165, 1.54) is 0 Å². The Morgan fingerprint density at radius 1 is 0.900 bits per heavy atom. The zero-order valence-electron chi connectivity index (χ0n) is 17.3. The summed E-state index contributed by atoms with van der Waals surface area (Å²) in [5.74, 6) is 1.05. The molecule has 0 atom stereocenters. The first kappa shape index (κ1) is 20.1. The summed E-state index contributed by atoms with van der Waals surface area (Å²) in [6.07, 6.45) is 4.03. The van der Waals surface area contributed by atoms with Gasteiger partial charge in [0, 0.05) is 17.4 Å². The van der Waals surface area contributed by atoms with Crippen molar-refractivity contribution >= 4 is 23.3 Å². The van der Waals surface area contributed by atoms with E-state index in [9.17, 15) is 9.59 Å². The van der Waals surface area contributed by atoms with Gasteiger partial charge in [0.2, 0.25) is 12.7 Å². The molecule has 0 saturated heterocycles. The van der Waals surface area contributed by atoms with E-state index >= 15 is 0 Å². The van der Waals surface area contributed by atoms with Crippen LogP contribution in [0.1, 0.15) is 43.2 Å². The van der Waals surface area contributed by atoms with Gasteiger partial charge in [-0.05, 0) is 49.9 Å². The van der Waals surface area contributed by atoms with Crippen LogP contribution < -0.4 is 25.4 Å². The lowest BCUT2D eigenvalue weighted by Crippen LogP contribution is -2.58. The number of ether oxygens (including phenoxy) is 2. The van der Waals surface area contributed by atoms with Gasteiger partial charge in [-0.1, -0.05) is 37.5 Å². The van der Waals surface area contributed by atoms with Crippen LogP contribution in [-0.2, 0) is 4.79 Å². The lowest BCUT2D eigenvalue weighted by atomic mass is 9.81. The number of hydrogen-bond donors (Lipinski definition) is 3. The second kappa shape index (κ2) is 8.26. The van der Waals surface area contributed by atoms with Crippen LogP contribution >= 0.6 is 0 Å². The van der Waals surface area contributed by atoms with Crippen molar-refractivity contribution in [1.82, 2.24) is 5.32 Å². The number of benzene rings is 2. The molecule has 0 unspecified atom stereocenters. The number of rotatable bonds is 4. The Kier molecular flexibility index (Phi) is 5.53. The number of aryl methyl sites for hydroxylation is 2. The third-order valence-corrected chi connectivity index (χ3v) is 5.84. The molecule has 1 aliphatic heterocycles. The quantitative estimate of drug-likeness (QED) is 0.694. The average molecular weight is 409 g/mol. The Labute approximate surface area is 176 Å². The molecule has 2 aromatic carbocycles. The molecule has 3 amide bonds. The molecule has 3 N–H and O–H groups in total. The van der Waals surface area contributed by atoms with E-state index in [0.29, 0.717) is 30.0 Å². The van der Waals surface area contributed by atoms with Crippen LogP contribution in [0.25, 0.3) is 0 Å². The molecule has 30 heavy (non-hydrogen) atoms. The number of fused-ring (bicyclic) bond motifs is 1. The fourth-order valence-corrected chi connectivity index (χ4v) is 4.16. The van der Waals surface area contributed by atoms with Crippen molar-refractivity contribution in [1.29, 1.82) is 0 Å². The molecule has 1 aliphatic carbocycles. The van der Waals surface area contributed by atoms with Crippen LogP contribution in [0.4, 0.5) is 16.2 Å². The molecule has 0 bridgehead atoms. The number of urea groups is 1. The van der Waals surface area contributed by atoms with Crippen molar-refractivity contribution in [2.45, 2.75) is 51.5 Å². The third-order valence-electron chi connectivity index (χ3n) is 5.84. The van der Waals surface area contributed by atoms with Gasteiger partial charge in [-0.2, -0.15) is 0 Å². The van der Waals surface area contributed by atoms with Crippen LogP contribution in [0.15, 0.2) is 36.4 Å². The highest BCUT2D eigenvalue weighted by molar-refractivity contribution is 6.02. The van der Waals surface area contributed by atoms with Crippen molar-refractivity contribution in [3.8, 4) is 11.5 Å². The van der Waals surface area contributed by atoms with Gasteiger partial charge in [0.25, 0.3) is 0 Å². The Morgan fingerprint density at radius 2 is 1.60 bits per heavy atom. The Hall–Kier alpha value is -3.22. The average Bonchev–Trinajstić information content (AvgIpc) is 3.19. The van der Waals surface area contributed by atoms with E-state index < -0.39 is 5.54 Å². The van der Waals surface area contributed by atoms with Gasteiger partial charge < -0.3 is 25.4 Å². The minimum absolute atomic E-state index is 0.177. The predicted octanol–water partition coefficient (Wildman–Crippen LogP) is 4.50. The van der Waals surface area contributed by atoms with Gasteiger partial charge in [0.15, 0.2) is 11.5 Å². The minimum atomic E-state index is -0.949. The topological polar surface area (TPSA) is 88.7 Å². The molecule has 2 aliphatic rings. The summed E-state index contributed by atoms with van der Waals surface area (Å²) in [4.78, 5) is 26.1. The van der Waals surface area contributed by atoms with Crippen LogP contribution in [0.2, 0.25) is 0 Å². The van der Waals surface area contributed by atoms with Crippen molar-refractivity contribution in [3.05, 3.63) is 47.5 Å². The maximum Gasteiger partial charge on any atom is 0.320 e. The number of carbonyl (C=O) groups excluding carboxylic acids is 2. The molecule has 7 nitrogen and oxygen atoms in total. The van der Waals surface area contributed by atoms with Crippen LogP contribution in [0.3, 0.4) is 0 Å². The van der Waals surface area contributed by atoms with E-state index in [1.54, 1.807) is 18.2 Å². The first-order valence-electron chi connectivity index (χ1n) is 10.3. The SMILES string of the molecule is Cc1cccc(C)c1NC(=O)NC1(C(=O)Nc2ccc3c(c2)OCO3)CCCCC1. The van der Waals surface area contributed by atoms with Gasteiger partial charge in [0.1, 0.15) is 5.54 Å². The normalized spacial score (nSPS) is 16.6. The molecule has 4 rings (SSSR count). The van der Waals surface area contributed by atoms with Crippen LogP contribution in [-0.4, -0.2) is 24.3 Å².